The molecule has 0 radical (unpaired) electrons. The fourth-order valence-electron chi connectivity index (χ4n) is 2.46. The summed E-state index contributed by atoms with van der Waals surface area (Å²) in [6.07, 6.45) is 6.20. The van der Waals surface area contributed by atoms with Crippen LogP contribution in [0.2, 0.25) is 0 Å². The van der Waals surface area contributed by atoms with E-state index in [1.807, 2.05) is 12.4 Å². The molecule has 19 heavy (non-hydrogen) atoms. The van der Waals surface area contributed by atoms with E-state index in [-0.39, 0.29) is 0 Å². The van der Waals surface area contributed by atoms with Crippen LogP contribution in [0.25, 0.3) is 0 Å². The van der Waals surface area contributed by atoms with Gasteiger partial charge in [0.2, 0.25) is 0 Å². The van der Waals surface area contributed by atoms with Crippen molar-refractivity contribution in [2.45, 2.75) is 52.6 Å². The summed E-state index contributed by atoms with van der Waals surface area (Å²) in [6.45, 7) is 11.5. The monoisotopic (exact) mass is 261 g/mol. The Kier molecular flexibility index (Phi) is 4.46. The Morgan fingerprint density at radius 3 is 2.32 bits per heavy atom. The molecule has 106 valence electrons. The Morgan fingerprint density at radius 2 is 1.79 bits per heavy atom. The molecule has 1 aromatic heterocycles. The molecule has 1 aromatic rings. The van der Waals surface area contributed by atoms with Gasteiger partial charge in [0.15, 0.2) is 0 Å². The summed E-state index contributed by atoms with van der Waals surface area (Å²) in [4.78, 5) is 6.54. The van der Waals surface area contributed by atoms with E-state index < -0.39 is 0 Å². The first-order valence-corrected chi connectivity index (χ1v) is 7.38. The van der Waals surface area contributed by atoms with Crippen LogP contribution in [0, 0.1) is 5.41 Å². The minimum absolute atomic E-state index is 0.336. The molecule has 2 heterocycles. The quantitative estimate of drug-likeness (QED) is 0.906. The number of hydrogen-bond donors (Lipinski definition) is 1. The number of anilines is 1. The summed E-state index contributed by atoms with van der Waals surface area (Å²) in [6, 6.07) is 5.43. The number of hydrogen-bond acceptors (Lipinski definition) is 3. The van der Waals surface area contributed by atoms with Gasteiger partial charge in [-0.25, -0.2) is 0 Å². The molecule has 1 N–H and O–H groups in total. The fraction of sp³-hybridized carbons (Fsp3) is 0.688. The number of rotatable bonds is 3. The van der Waals surface area contributed by atoms with Gasteiger partial charge in [0, 0.05) is 43.3 Å². The van der Waals surface area contributed by atoms with Crippen LogP contribution in [0.5, 0.6) is 0 Å². The van der Waals surface area contributed by atoms with Crippen LogP contribution >= 0.6 is 0 Å². The van der Waals surface area contributed by atoms with Gasteiger partial charge in [-0.3, -0.25) is 4.98 Å². The van der Waals surface area contributed by atoms with Gasteiger partial charge < -0.3 is 10.2 Å². The molecule has 0 amide bonds. The predicted molar refractivity (Wildman–Crippen MR) is 81.5 cm³/mol. The first-order chi connectivity index (χ1) is 8.97. The van der Waals surface area contributed by atoms with E-state index in [0.29, 0.717) is 17.5 Å². The predicted octanol–water partition coefficient (Wildman–Crippen LogP) is 3.07. The van der Waals surface area contributed by atoms with Crippen LogP contribution < -0.4 is 10.2 Å². The van der Waals surface area contributed by atoms with E-state index in [2.05, 4.69) is 55.0 Å². The Bertz CT molecular complexity index is 375. The number of aromatic nitrogens is 1. The normalized spacial score (nSPS) is 19.5. The van der Waals surface area contributed by atoms with Gasteiger partial charge in [-0.05, 0) is 37.3 Å². The molecule has 1 atom stereocenters. The van der Waals surface area contributed by atoms with Crippen molar-refractivity contribution in [3.63, 3.8) is 0 Å². The highest BCUT2D eigenvalue weighted by molar-refractivity contribution is 5.44. The van der Waals surface area contributed by atoms with Crippen molar-refractivity contribution in [1.82, 2.24) is 10.3 Å². The zero-order chi connectivity index (χ0) is 13.9. The Labute approximate surface area is 117 Å². The molecule has 1 saturated heterocycles. The standard InChI is InChI=1S/C16H27N3/c1-13(16(2,3)4)18-14-7-11-19(12-8-14)15-5-9-17-10-6-15/h5-6,9-10,13-14,18H,7-8,11-12H2,1-4H3. The van der Waals surface area contributed by atoms with Gasteiger partial charge >= 0.3 is 0 Å². The molecule has 1 unspecified atom stereocenters. The molecule has 1 aliphatic rings. The maximum atomic E-state index is 4.08. The van der Waals surface area contributed by atoms with Gasteiger partial charge in [-0.2, -0.15) is 0 Å². The minimum atomic E-state index is 0.336. The molecular formula is C16H27N3. The number of pyridine rings is 1. The lowest BCUT2D eigenvalue weighted by Crippen LogP contribution is -2.49. The fourth-order valence-corrected chi connectivity index (χ4v) is 2.46. The SMILES string of the molecule is CC(NC1CCN(c2ccncc2)CC1)C(C)(C)C. The molecule has 0 spiro atoms. The second-order valence-electron chi connectivity index (χ2n) is 6.72. The summed E-state index contributed by atoms with van der Waals surface area (Å²) in [5, 5.41) is 3.79. The molecular weight excluding hydrogens is 234 g/mol. The lowest BCUT2D eigenvalue weighted by atomic mass is 9.87. The smallest absolute Gasteiger partial charge is 0.0397 e. The molecule has 0 saturated carbocycles. The third-order valence-corrected chi connectivity index (χ3v) is 4.31. The van der Waals surface area contributed by atoms with E-state index in [0.717, 1.165) is 13.1 Å². The van der Waals surface area contributed by atoms with Crippen LogP contribution in [0.3, 0.4) is 0 Å². The van der Waals surface area contributed by atoms with Crippen LogP contribution in [-0.2, 0) is 0 Å². The van der Waals surface area contributed by atoms with Crippen molar-refractivity contribution in [2.24, 2.45) is 5.41 Å². The van der Waals surface area contributed by atoms with E-state index in [1.54, 1.807) is 0 Å². The molecule has 0 aliphatic carbocycles. The summed E-state index contributed by atoms with van der Waals surface area (Å²) >= 11 is 0. The molecule has 1 fully saturated rings. The van der Waals surface area contributed by atoms with Crippen LogP contribution in [0.4, 0.5) is 5.69 Å². The van der Waals surface area contributed by atoms with E-state index >= 15 is 0 Å². The summed E-state index contributed by atoms with van der Waals surface area (Å²) in [7, 11) is 0. The molecule has 3 nitrogen and oxygen atoms in total. The van der Waals surface area contributed by atoms with Crippen molar-refractivity contribution in [2.75, 3.05) is 18.0 Å². The lowest BCUT2D eigenvalue weighted by molar-refractivity contribution is 0.247. The van der Waals surface area contributed by atoms with Gasteiger partial charge in [-0.15, -0.1) is 0 Å². The molecule has 0 aromatic carbocycles. The number of piperidine rings is 1. The van der Waals surface area contributed by atoms with Gasteiger partial charge in [0.05, 0.1) is 0 Å². The second-order valence-corrected chi connectivity index (χ2v) is 6.72. The molecule has 1 aliphatic heterocycles. The summed E-state index contributed by atoms with van der Waals surface area (Å²) in [5.74, 6) is 0. The third kappa shape index (κ3) is 3.93. The second kappa shape index (κ2) is 5.91. The van der Waals surface area contributed by atoms with Crippen LogP contribution in [-0.4, -0.2) is 30.2 Å². The lowest BCUT2D eigenvalue weighted by Gasteiger charge is -2.38. The van der Waals surface area contributed by atoms with Crippen molar-refractivity contribution in [3.8, 4) is 0 Å². The highest BCUT2D eigenvalue weighted by Crippen LogP contribution is 2.23. The van der Waals surface area contributed by atoms with E-state index in [9.17, 15) is 0 Å². The summed E-state index contributed by atoms with van der Waals surface area (Å²) < 4.78 is 0. The van der Waals surface area contributed by atoms with Crippen molar-refractivity contribution >= 4 is 5.69 Å². The van der Waals surface area contributed by atoms with Crippen LogP contribution in [0.15, 0.2) is 24.5 Å². The average Bonchev–Trinajstić information content (AvgIpc) is 2.39. The number of nitrogens with one attached hydrogen (secondary N) is 1. The highest BCUT2D eigenvalue weighted by atomic mass is 15.1. The minimum Gasteiger partial charge on any atom is -0.371 e. The Hall–Kier alpha value is -1.09. The zero-order valence-corrected chi connectivity index (χ0v) is 12.7. The average molecular weight is 261 g/mol. The summed E-state index contributed by atoms with van der Waals surface area (Å²) in [5.41, 5.74) is 1.64. The van der Waals surface area contributed by atoms with Crippen molar-refractivity contribution in [1.29, 1.82) is 0 Å². The zero-order valence-electron chi connectivity index (χ0n) is 12.7. The topological polar surface area (TPSA) is 28.2 Å². The first kappa shape index (κ1) is 14.3. The van der Waals surface area contributed by atoms with Crippen molar-refractivity contribution < 1.29 is 0 Å². The Balaban J connectivity index is 1.83. The highest BCUT2D eigenvalue weighted by Gasteiger charge is 2.25. The van der Waals surface area contributed by atoms with E-state index in [1.165, 1.54) is 18.5 Å². The Morgan fingerprint density at radius 1 is 1.21 bits per heavy atom. The van der Waals surface area contributed by atoms with Crippen LogP contribution in [0.1, 0.15) is 40.5 Å². The largest absolute Gasteiger partial charge is 0.371 e. The molecule has 3 heteroatoms. The molecule has 0 bridgehead atoms. The first-order valence-electron chi connectivity index (χ1n) is 7.38. The van der Waals surface area contributed by atoms with E-state index in [4.69, 9.17) is 0 Å². The van der Waals surface area contributed by atoms with Crippen molar-refractivity contribution in [3.05, 3.63) is 24.5 Å². The maximum Gasteiger partial charge on any atom is 0.0397 e. The number of nitrogens with zero attached hydrogens (tertiary/aromatic N) is 2. The third-order valence-electron chi connectivity index (χ3n) is 4.31. The van der Waals surface area contributed by atoms with Gasteiger partial charge in [0.25, 0.3) is 0 Å². The maximum absolute atomic E-state index is 4.08. The van der Waals surface area contributed by atoms with Gasteiger partial charge in [0.1, 0.15) is 0 Å². The molecule has 2 rings (SSSR count). The van der Waals surface area contributed by atoms with Gasteiger partial charge in [-0.1, -0.05) is 20.8 Å².